The lowest BCUT2D eigenvalue weighted by molar-refractivity contribution is 0.237. The van der Waals surface area contributed by atoms with Gasteiger partial charge < -0.3 is 10.2 Å². The van der Waals surface area contributed by atoms with Gasteiger partial charge in [-0.05, 0) is 58.9 Å². The van der Waals surface area contributed by atoms with Crippen molar-refractivity contribution in [3.05, 3.63) is 0 Å². The first-order chi connectivity index (χ1) is 6.83. The van der Waals surface area contributed by atoms with Crippen LogP contribution >= 0.6 is 0 Å². The topological polar surface area (TPSA) is 15.3 Å². The first-order valence-corrected chi connectivity index (χ1v) is 6.16. The molecule has 0 amide bonds. The highest BCUT2D eigenvalue weighted by Gasteiger charge is 2.17. The fourth-order valence-corrected chi connectivity index (χ4v) is 1.98. The molecule has 1 aliphatic carbocycles. The minimum absolute atomic E-state index is 1.06. The minimum atomic E-state index is 1.06. The van der Waals surface area contributed by atoms with E-state index in [0.29, 0.717) is 0 Å². The molecule has 0 unspecified atom stereocenters. The van der Waals surface area contributed by atoms with Crippen LogP contribution in [0.5, 0.6) is 0 Å². The molecule has 0 spiro atoms. The molecule has 1 fully saturated rings. The molecule has 1 aliphatic rings. The Hall–Kier alpha value is -0.0800. The lowest BCUT2D eigenvalue weighted by atomic mass is 9.83. The van der Waals surface area contributed by atoms with Crippen LogP contribution < -0.4 is 5.32 Å². The van der Waals surface area contributed by atoms with Gasteiger partial charge in [-0.1, -0.05) is 19.3 Å². The second-order valence-corrected chi connectivity index (χ2v) is 4.70. The van der Waals surface area contributed by atoms with Crippen molar-refractivity contribution in [2.45, 2.75) is 38.5 Å². The zero-order valence-electron chi connectivity index (χ0n) is 9.89. The summed E-state index contributed by atoms with van der Waals surface area (Å²) in [5.74, 6) is 1.06. The van der Waals surface area contributed by atoms with Gasteiger partial charge in [0.25, 0.3) is 0 Å². The zero-order chi connectivity index (χ0) is 10.2. The van der Waals surface area contributed by atoms with Crippen molar-refractivity contribution >= 4 is 0 Å². The zero-order valence-corrected chi connectivity index (χ0v) is 9.89. The molecular formula is C12H26N2. The summed E-state index contributed by atoms with van der Waals surface area (Å²) in [6.45, 7) is 3.75. The summed E-state index contributed by atoms with van der Waals surface area (Å²) in [6, 6.07) is 0. The van der Waals surface area contributed by atoms with Crippen molar-refractivity contribution in [3.8, 4) is 0 Å². The van der Waals surface area contributed by atoms with Gasteiger partial charge in [0.15, 0.2) is 0 Å². The summed E-state index contributed by atoms with van der Waals surface area (Å²) < 4.78 is 0. The van der Waals surface area contributed by atoms with Gasteiger partial charge in [0.05, 0.1) is 0 Å². The van der Waals surface area contributed by atoms with Crippen LogP contribution in [0.4, 0.5) is 0 Å². The second kappa shape index (κ2) is 7.24. The molecule has 1 rings (SSSR count). The molecule has 0 bridgehead atoms. The Kier molecular flexibility index (Phi) is 6.20. The van der Waals surface area contributed by atoms with Crippen molar-refractivity contribution in [2.75, 3.05) is 33.7 Å². The lowest BCUT2D eigenvalue weighted by Gasteiger charge is -2.27. The molecule has 0 aromatic heterocycles. The van der Waals surface area contributed by atoms with E-state index in [9.17, 15) is 0 Å². The second-order valence-electron chi connectivity index (χ2n) is 4.70. The van der Waals surface area contributed by atoms with E-state index in [1.54, 1.807) is 0 Å². The maximum absolute atomic E-state index is 3.19. The molecule has 0 radical (unpaired) electrons. The average molecular weight is 198 g/mol. The number of hydrogen-bond acceptors (Lipinski definition) is 2. The third-order valence-corrected chi connectivity index (χ3v) is 3.36. The number of rotatable bonds is 8. The van der Waals surface area contributed by atoms with E-state index in [1.165, 1.54) is 51.6 Å². The molecule has 84 valence electrons. The Morgan fingerprint density at radius 2 is 2.00 bits per heavy atom. The third kappa shape index (κ3) is 4.97. The van der Waals surface area contributed by atoms with Gasteiger partial charge in [-0.2, -0.15) is 0 Å². The maximum Gasteiger partial charge on any atom is -0.00191 e. The Morgan fingerprint density at radius 1 is 1.21 bits per heavy atom. The third-order valence-electron chi connectivity index (χ3n) is 3.36. The molecule has 1 N–H and O–H groups in total. The fourth-order valence-electron chi connectivity index (χ4n) is 1.98. The van der Waals surface area contributed by atoms with E-state index in [0.717, 1.165) is 12.5 Å². The molecule has 0 atom stereocenters. The highest BCUT2D eigenvalue weighted by Crippen LogP contribution is 2.29. The molecule has 14 heavy (non-hydrogen) atoms. The van der Waals surface area contributed by atoms with Crippen LogP contribution in [-0.2, 0) is 0 Å². The summed E-state index contributed by atoms with van der Waals surface area (Å²) in [5, 5.41) is 3.19. The quantitative estimate of drug-likeness (QED) is 0.601. The highest BCUT2D eigenvalue weighted by atomic mass is 15.1. The van der Waals surface area contributed by atoms with Gasteiger partial charge in [-0.25, -0.2) is 0 Å². The predicted molar refractivity (Wildman–Crippen MR) is 62.6 cm³/mol. The van der Waals surface area contributed by atoms with Crippen LogP contribution in [-0.4, -0.2) is 38.6 Å². The van der Waals surface area contributed by atoms with Gasteiger partial charge in [0, 0.05) is 0 Å². The monoisotopic (exact) mass is 198 g/mol. The Bertz CT molecular complexity index is 132. The molecule has 0 aromatic rings. The van der Waals surface area contributed by atoms with E-state index in [1.807, 2.05) is 7.05 Å². The van der Waals surface area contributed by atoms with Crippen LogP contribution in [0, 0.1) is 5.92 Å². The van der Waals surface area contributed by atoms with E-state index in [4.69, 9.17) is 0 Å². The van der Waals surface area contributed by atoms with Gasteiger partial charge in [-0.15, -0.1) is 0 Å². The first-order valence-electron chi connectivity index (χ1n) is 6.16. The van der Waals surface area contributed by atoms with Gasteiger partial charge >= 0.3 is 0 Å². The van der Waals surface area contributed by atoms with E-state index in [2.05, 4.69) is 17.3 Å². The summed E-state index contributed by atoms with van der Waals surface area (Å²) in [6.07, 6.45) is 8.55. The number of hydrogen-bond donors (Lipinski definition) is 1. The molecule has 0 heterocycles. The van der Waals surface area contributed by atoms with Crippen LogP contribution in [0.25, 0.3) is 0 Å². The summed E-state index contributed by atoms with van der Waals surface area (Å²) in [7, 11) is 4.29. The largest absolute Gasteiger partial charge is 0.320 e. The minimum Gasteiger partial charge on any atom is -0.320 e. The molecule has 0 saturated heterocycles. The molecule has 2 heteroatoms. The number of nitrogens with zero attached hydrogens (tertiary/aromatic N) is 1. The van der Waals surface area contributed by atoms with Crippen LogP contribution in [0.3, 0.4) is 0 Å². The van der Waals surface area contributed by atoms with Crippen molar-refractivity contribution in [1.29, 1.82) is 0 Å². The van der Waals surface area contributed by atoms with Crippen LogP contribution in [0.2, 0.25) is 0 Å². The first kappa shape index (κ1) is 12.0. The van der Waals surface area contributed by atoms with Gasteiger partial charge in [0.2, 0.25) is 0 Å². The highest BCUT2D eigenvalue weighted by molar-refractivity contribution is 4.70. The average Bonchev–Trinajstić information content (AvgIpc) is 2.10. The van der Waals surface area contributed by atoms with Crippen molar-refractivity contribution in [1.82, 2.24) is 10.2 Å². The normalized spacial score (nSPS) is 17.4. The Labute approximate surface area is 89.1 Å². The molecule has 2 nitrogen and oxygen atoms in total. The maximum atomic E-state index is 3.19. The van der Waals surface area contributed by atoms with Crippen LogP contribution in [0.1, 0.15) is 38.5 Å². The summed E-state index contributed by atoms with van der Waals surface area (Å²) >= 11 is 0. The van der Waals surface area contributed by atoms with Gasteiger partial charge in [-0.3, -0.25) is 0 Å². The molecule has 0 aliphatic heterocycles. The summed E-state index contributed by atoms with van der Waals surface area (Å²) in [5.41, 5.74) is 0. The SMILES string of the molecule is CNCCCCN(C)CCC1CCC1. The summed E-state index contributed by atoms with van der Waals surface area (Å²) in [4.78, 5) is 2.49. The fraction of sp³-hybridized carbons (Fsp3) is 1.00. The van der Waals surface area contributed by atoms with E-state index < -0.39 is 0 Å². The number of nitrogens with one attached hydrogen (secondary N) is 1. The van der Waals surface area contributed by atoms with E-state index in [-0.39, 0.29) is 0 Å². The Morgan fingerprint density at radius 3 is 2.57 bits per heavy atom. The van der Waals surface area contributed by atoms with Crippen molar-refractivity contribution < 1.29 is 0 Å². The lowest BCUT2D eigenvalue weighted by Crippen LogP contribution is -2.25. The molecule has 0 aromatic carbocycles. The van der Waals surface area contributed by atoms with Crippen molar-refractivity contribution in [2.24, 2.45) is 5.92 Å². The van der Waals surface area contributed by atoms with Crippen molar-refractivity contribution in [3.63, 3.8) is 0 Å². The Balaban J connectivity index is 1.84. The van der Waals surface area contributed by atoms with Gasteiger partial charge in [0.1, 0.15) is 0 Å². The number of unbranched alkanes of at least 4 members (excludes halogenated alkanes) is 1. The van der Waals surface area contributed by atoms with E-state index >= 15 is 0 Å². The van der Waals surface area contributed by atoms with Crippen LogP contribution in [0.15, 0.2) is 0 Å². The molecular weight excluding hydrogens is 172 g/mol. The standard InChI is InChI=1S/C12H26N2/c1-13-9-3-4-10-14(2)11-8-12-6-5-7-12/h12-13H,3-11H2,1-2H3. The predicted octanol–water partition coefficient (Wildman–Crippen LogP) is 2.11. The molecule has 1 saturated carbocycles. The smallest absolute Gasteiger partial charge is 0.00191 e.